The molecule has 154 valence electrons. The number of fused-ring (bicyclic) bond motifs is 1. The van der Waals surface area contributed by atoms with Crippen molar-refractivity contribution < 1.29 is 4.39 Å². The standard InChI is InChI=1S/C23H25FN6/c1-17-14-25-30(15-17)27-20-10-12-28(13-11-20)23-26-21-4-2-3-5-22(21)29(23)16-18-6-8-19(24)9-7-18/h2-9,14-15,20,27H,10-13,16H2,1H3. The molecule has 0 radical (unpaired) electrons. The summed E-state index contributed by atoms with van der Waals surface area (Å²) in [7, 11) is 0. The number of benzene rings is 2. The van der Waals surface area contributed by atoms with Gasteiger partial charge in [0.2, 0.25) is 5.95 Å². The van der Waals surface area contributed by atoms with Gasteiger partial charge < -0.3 is 14.9 Å². The van der Waals surface area contributed by atoms with Crippen LogP contribution in [0.25, 0.3) is 11.0 Å². The number of aromatic nitrogens is 4. The van der Waals surface area contributed by atoms with Crippen LogP contribution < -0.4 is 10.3 Å². The number of nitrogens with zero attached hydrogens (tertiary/aromatic N) is 5. The number of anilines is 1. The van der Waals surface area contributed by atoms with Crippen molar-refractivity contribution in [2.75, 3.05) is 23.4 Å². The second-order valence-corrected chi connectivity index (χ2v) is 7.97. The first kappa shape index (κ1) is 18.7. The van der Waals surface area contributed by atoms with Gasteiger partial charge in [0.25, 0.3) is 0 Å². The van der Waals surface area contributed by atoms with Crippen molar-refractivity contribution in [2.24, 2.45) is 0 Å². The highest BCUT2D eigenvalue weighted by Gasteiger charge is 2.24. The Morgan fingerprint density at radius 1 is 1.07 bits per heavy atom. The lowest BCUT2D eigenvalue weighted by Crippen LogP contribution is -2.42. The van der Waals surface area contributed by atoms with Crippen LogP contribution in [-0.4, -0.2) is 38.6 Å². The normalized spacial score (nSPS) is 15.1. The van der Waals surface area contributed by atoms with Gasteiger partial charge in [0.05, 0.1) is 30.0 Å². The second-order valence-electron chi connectivity index (χ2n) is 7.97. The first-order valence-corrected chi connectivity index (χ1v) is 10.4. The van der Waals surface area contributed by atoms with Gasteiger partial charge in [-0.05, 0) is 55.2 Å². The number of hydrogen-bond donors (Lipinski definition) is 1. The monoisotopic (exact) mass is 404 g/mol. The summed E-state index contributed by atoms with van der Waals surface area (Å²) >= 11 is 0. The minimum atomic E-state index is -0.212. The van der Waals surface area contributed by atoms with Gasteiger partial charge in [-0.2, -0.15) is 9.89 Å². The molecule has 1 fully saturated rings. The van der Waals surface area contributed by atoms with Gasteiger partial charge in [-0.15, -0.1) is 0 Å². The van der Waals surface area contributed by atoms with Gasteiger partial charge in [-0.3, -0.25) is 0 Å². The molecule has 1 aliphatic heterocycles. The van der Waals surface area contributed by atoms with Crippen LogP contribution in [0, 0.1) is 12.7 Å². The summed E-state index contributed by atoms with van der Waals surface area (Å²) in [5.74, 6) is 0.769. The summed E-state index contributed by atoms with van der Waals surface area (Å²) < 4.78 is 15.6. The van der Waals surface area contributed by atoms with Crippen LogP contribution in [0.3, 0.4) is 0 Å². The topological polar surface area (TPSA) is 50.9 Å². The first-order chi connectivity index (χ1) is 14.7. The fraction of sp³-hybridized carbons (Fsp3) is 0.304. The number of piperidine rings is 1. The van der Waals surface area contributed by atoms with Gasteiger partial charge in [-0.25, -0.2) is 9.37 Å². The van der Waals surface area contributed by atoms with Crippen molar-refractivity contribution in [3.8, 4) is 0 Å². The molecule has 3 heterocycles. The summed E-state index contributed by atoms with van der Waals surface area (Å²) in [4.78, 5) is 9.12. The number of rotatable bonds is 5. The Balaban J connectivity index is 1.37. The summed E-state index contributed by atoms with van der Waals surface area (Å²) in [5.41, 5.74) is 7.77. The quantitative estimate of drug-likeness (QED) is 0.547. The molecule has 0 unspecified atom stereocenters. The number of hydrogen-bond acceptors (Lipinski definition) is 4. The number of nitrogens with one attached hydrogen (secondary N) is 1. The lowest BCUT2D eigenvalue weighted by molar-refractivity contribution is 0.473. The molecule has 0 aliphatic carbocycles. The zero-order chi connectivity index (χ0) is 20.5. The molecule has 1 aliphatic rings. The number of aryl methyl sites for hydroxylation is 1. The van der Waals surface area contributed by atoms with Crippen molar-refractivity contribution in [1.82, 2.24) is 19.4 Å². The lowest BCUT2D eigenvalue weighted by atomic mass is 10.1. The van der Waals surface area contributed by atoms with Crippen molar-refractivity contribution in [2.45, 2.75) is 32.4 Å². The van der Waals surface area contributed by atoms with Crippen molar-refractivity contribution >= 4 is 17.0 Å². The molecule has 30 heavy (non-hydrogen) atoms. The third kappa shape index (κ3) is 3.75. The van der Waals surface area contributed by atoms with E-state index in [1.54, 1.807) is 0 Å². The van der Waals surface area contributed by atoms with Gasteiger partial charge in [0.1, 0.15) is 5.82 Å². The van der Waals surface area contributed by atoms with E-state index in [4.69, 9.17) is 4.98 Å². The molecule has 2 aromatic carbocycles. The molecular weight excluding hydrogens is 379 g/mol. The maximum atomic E-state index is 13.3. The summed E-state index contributed by atoms with van der Waals surface area (Å²) in [6.45, 7) is 4.55. The number of imidazole rings is 1. The minimum Gasteiger partial charge on any atom is -0.342 e. The predicted octanol–water partition coefficient (Wildman–Crippen LogP) is 3.94. The van der Waals surface area contributed by atoms with E-state index in [-0.39, 0.29) is 5.82 Å². The Kier molecular flexibility index (Phi) is 4.86. The first-order valence-electron chi connectivity index (χ1n) is 10.4. The average Bonchev–Trinajstić information content (AvgIpc) is 3.34. The van der Waals surface area contributed by atoms with E-state index >= 15 is 0 Å². The fourth-order valence-electron chi connectivity index (χ4n) is 4.11. The Morgan fingerprint density at radius 2 is 1.83 bits per heavy atom. The van der Waals surface area contributed by atoms with Crippen molar-refractivity contribution in [3.05, 3.63) is 77.9 Å². The van der Waals surface area contributed by atoms with Crippen LogP contribution in [0.4, 0.5) is 10.3 Å². The van der Waals surface area contributed by atoms with Gasteiger partial charge in [0.15, 0.2) is 0 Å². The number of halogens is 1. The van der Waals surface area contributed by atoms with Crippen molar-refractivity contribution in [1.29, 1.82) is 0 Å². The van der Waals surface area contributed by atoms with E-state index in [1.807, 2.05) is 54.4 Å². The molecule has 0 spiro atoms. The van der Waals surface area contributed by atoms with Crippen LogP contribution in [0.5, 0.6) is 0 Å². The number of para-hydroxylation sites is 2. The summed E-state index contributed by atoms with van der Waals surface area (Å²) in [6.07, 6.45) is 5.89. The lowest BCUT2D eigenvalue weighted by Gasteiger charge is -2.33. The summed E-state index contributed by atoms with van der Waals surface area (Å²) in [5, 5.41) is 4.33. The van der Waals surface area contributed by atoms with Gasteiger partial charge >= 0.3 is 0 Å². The minimum absolute atomic E-state index is 0.212. The van der Waals surface area contributed by atoms with E-state index in [9.17, 15) is 4.39 Å². The molecule has 0 saturated carbocycles. The average molecular weight is 404 g/mol. The maximum absolute atomic E-state index is 13.3. The Hall–Kier alpha value is -3.35. The summed E-state index contributed by atoms with van der Waals surface area (Å²) in [6, 6.07) is 15.3. The van der Waals surface area contributed by atoms with E-state index in [2.05, 4.69) is 26.1 Å². The van der Waals surface area contributed by atoms with Crippen molar-refractivity contribution in [3.63, 3.8) is 0 Å². The Labute approximate surface area is 174 Å². The zero-order valence-corrected chi connectivity index (χ0v) is 17.0. The molecule has 7 heteroatoms. The highest BCUT2D eigenvalue weighted by molar-refractivity contribution is 5.79. The molecule has 5 rings (SSSR count). The smallest absolute Gasteiger partial charge is 0.206 e. The highest BCUT2D eigenvalue weighted by atomic mass is 19.1. The van der Waals surface area contributed by atoms with Crippen LogP contribution in [0.1, 0.15) is 24.0 Å². The molecule has 0 bridgehead atoms. The SMILES string of the molecule is Cc1cnn(NC2CCN(c3nc4ccccc4n3Cc3ccc(F)cc3)CC2)c1. The molecule has 0 amide bonds. The Bertz CT molecular complexity index is 1140. The van der Waals surface area contributed by atoms with E-state index in [1.165, 1.54) is 12.1 Å². The predicted molar refractivity (Wildman–Crippen MR) is 117 cm³/mol. The van der Waals surface area contributed by atoms with Crippen LogP contribution in [0.15, 0.2) is 60.9 Å². The van der Waals surface area contributed by atoms with Crippen LogP contribution >= 0.6 is 0 Å². The van der Waals surface area contributed by atoms with E-state index < -0.39 is 0 Å². The molecular formula is C23H25FN6. The van der Waals surface area contributed by atoms with Crippen LogP contribution in [0.2, 0.25) is 0 Å². The largest absolute Gasteiger partial charge is 0.342 e. The van der Waals surface area contributed by atoms with E-state index in [0.29, 0.717) is 12.6 Å². The van der Waals surface area contributed by atoms with E-state index in [0.717, 1.165) is 54.0 Å². The van der Waals surface area contributed by atoms with Gasteiger partial charge in [-0.1, -0.05) is 24.3 Å². The molecule has 4 aromatic rings. The van der Waals surface area contributed by atoms with Gasteiger partial charge in [0, 0.05) is 19.1 Å². The third-order valence-electron chi connectivity index (χ3n) is 5.69. The molecule has 1 N–H and O–H groups in total. The fourth-order valence-corrected chi connectivity index (χ4v) is 4.11. The molecule has 0 atom stereocenters. The third-order valence-corrected chi connectivity index (χ3v) is 5.69. The zero-order valence-electron chi connectivity index (χ0n) is 17.0. The second kappa shape index (κ2) is 7.82. The molecule has 6 nitrogen and oxygen atoms in total. The molecule has 1 saturated heterocycles. The van der Waals surface area contributed by atoms with Crippen LogP contribution in [-0.2, 0) is 6.54 Å². The Morgan fingerprint density at radius 3 is 2.57 bits per heavy atom. The molecule has 2 aromatic heterocycles. The maximum Gasteiger partial charge on any atom is 0.206 e. The highest BCUT2D eigenvalue weighted by Crippen LogP contribution is 2.26.